The summed E-state index contributed by atoms with van der Waals surface area (Å²) >= 11 is 6.32. The quantitative estimate of drug-likeness (QED) is 0.0695. The molecular weight excluding hydrogens is 651 g/mol. The van der Waals surface area contributed by atoms with Gasteiger partial charge in [0.15, 0.2) is 0 Å². The van der Waals surface area contributed by atoms with E-state index in [2.05, 4.69) is 74.8 Å². The minimum absolute atomic E-state index is 0.137. The van der Waals surface area contributed by atoms with Gasteiger partial charge in [0.1, 0.15) is 6.23 Å². The van der Waals surface area contributed by atoms with E-state index in [-0.39, 0.29) is 18.7 Å². The number of carbonyl (C=O) groups excluding carboxylic acids is 2. The molecule has 262 valence electrons. The SMILES string of the molecule is C=CCCC(=C)C(c1ccccc1)(c1ccccc1)N1CC(COP(=O)(Cl)NCCNCCN(C)C)OC(NC(=O)NC(=O)C(=C)C)C1. The Labute approximate surface area is 290 Å². The van der Waals surface area contributed by atoms with Crippen molar-refractivity contribution in [3.63, 3.8) is 0 Å². The van der Waals surface area contributed by atoms with Crippen LogP contribution in [-0.2, 0) is 24.2 Å². The van der Waals surface area contributed by atoms with E-state index in [1.54, 1.807) is 0 Å². The predicted octanol–water partition coefficient (Wildman–Crippen LogP) is 4.99. The van der Waals surface area contributed by atoms with E-state index in [0.29, 0.717) is 32.5 Å². The van der Waals surface area contributed by atoms with Crippen molar-refractivity contribution in [3.05, 3.63) is 109 Å². The second kappa shape index (κ2) is 19.2. The smallest absolute Gasteiger partial charge is 0.350 e. The molecule has 3 amide bonds. The topological polar surface area (TPSA) is 124 Å². The lowest BCUT2D eigenvalue weighted by atomic mass is 9.73. The van der Waals surface area contributed by atoms with Crippen LogP contribution in [0.4, 0.5) is 4.79 Å². The zero-order chi connectivity index (χ0) is 35.2. The first-order chi connectivity index (χ1) is 22.9. The van der Waals surface area contributed by atoms with E-state index in [1.807, 2.05) is 56.6 Å². The van der Waals surface area contributed by atoms with Gasteiger partial charge in [-0.2, -0.15) is 0 Å². The van der Waals surface area contributed by atoms with Crippen molar-refractivity contribution in [2.24, 2.45) is 0 Å². The van der Waals surface area contributed by atoms with E-state index in [0.717, 1.165) is 29.8 Å². The molecule has 2 aromatic rings. The standard InChI is InChI=1S/C35H50ClN6O5P/c1-7-8-15-28(4)35(29-16-11-9-12-17-29,30-18-13-10-14-19-30)42-24-31(47-32(25-42)39-34(44)40-33(43)27(2)3)26-46-48(36,45)38-21-20-37-22-23-41(5)6/h7,9-14,16-19,31-32,37H,1-2,4,8,15,20-26H2,3,5-6H3,(H,38,45)(H2,39,40,43,44). The van der Waals surface area contributed by atoms with Gasteiger partial charge in [-0.25, -0.2) is 9.88 Å². The summed E-state index contributed by atoms with van der Waals surface area (Å²) in [6.07, 6.45) is 1.62. The number of allylic oxidation sites excluding steroid dienone is 1. The summed E-state index contributed by atoms with van der Waals surface area (Å²) in [6, 6.07) is 19.3. The molecule has 48 heavy (non-hydrogen) atoms. The van der Waals surface area contributed by atoms with Crippen molar-refractivity contribution in [1.29, 1.82) is 0 Å². The molecule has 3 atom stereocenters. The maximum Gasteiger partial charge on any atom is 0.360 e. The van der Waals surface area contributed by atoms with E-state index < -0.39 is 36.7 Å². The van der Waals surface area contributed by atoms with Crippen molar-refractivity contribution in [3.8, 4) is 0 Å². The lowest BCUT2D eigenvalue weighted by Gasteiger charge is -2.51. The Morgan fingerprint density at radius 3 is 2.25 bits per heavy atom. The van der Waals surface area contributed by atoms with E-state index >= 15 is 0 Å². The van der Waals surface area contributed by atoms with Gasteiger partial charge in [-0.3, -0.25) is 19.6 Å². The Kier molecular flexibility index (Phi) is 15.7. The Balaban J connectivity index is 1.94. The molecule has 2 aromatic carbocycles. The molecule has 1 saturated heterocycles. The zero-order valence-corrected chi connectivity index (χ0v) is 29.9. The van der Waals surface area contributed by atoms with Crippen LogP contribution in [-0.4, -0.2) is 94.0 Å². The van der Waals surface area contributed by atoms with Crippen LogP contribution in [0, 0.1) is 0 Å². The molecule has 0 aromatic heterocycles. The number of hydrogen-bond donors (Lipinski definition) is 4. The number of benzene rings is 2. The number of carbonyl (C=O) groups is 2. The van der Waals surface area contributed by atoms with E-state index in [4.69, 9.17) is 20.5 Å². The molecular formula is C35H50ClN6O5P. The number of nitrogens with one attached hydrogen (secondary N) is 4. The van der Waals surface area contributed by atoms with Gasteiger partial charge < -0.3 is 24.8 Å². The van der Waals surface area contributed by atoms with Crippen LogP contribution in [0.25, 0.3) is 0 Å². The van der Waals surface area contributed by atoms with Gasteiger partial charge in [-0.05, 0) is 61.8 Å². The van der Waals surface area contributed by atoms with Crippen molar-refractivity contribution in [1.82, 2.24) is 30.8 Å². The van der Waals surface area contributed by atoms with Crippen LogP contribution < -0.4 is 21.0 Å². The van der Waals surface area contributed by atoms with Crippen LogP contribution in [0.1, 0.15) is 30.9 Å². The maximum absolute atomic E-state index is 13.2. The fourth-order valence-electron chi connectivity index (χ4n) is 5.59. The molecule has 11 nitrogen and oxygen atoms in total. The third-order valence-corrected chi connectivity index (χ3v) is 9.59. The number of nitrogens with zero attached hydrogens (tertiary/aromatic N) is 2. The van der Waals surface area contributed by atoms with Gasteiger partial charge in [0.25, 0.3) is 5.91 Å². The van der Waals surface area contributed by atoms with Gasteiger partial charge in [-0.15, -0.1) is 6.58 Å². The van der Waals surface area contributed by atoms with Crippen molar-refractivity contribution < 1.29 is 23.4 Å². The van der Waals surface area contributed by atoms with E-state index in [9.17, 15) is 14.2 Å². The number of amides is 3. The number of imide groups is 1. The Morgan fingerprint density at radius 1 is 1.06 bits per heavy atom. The van der Waals surface area contributed by atoms with Crippen LogP contribution in [0.2, 0.25) is 0 Å². The Bertz CT molecular complexity index is 1390. The monoisotopic (exact) mass is 700 g/mol. The molecule has 1 fully saturated rings. The molecule has 0 radical (unpaired) electrons. The fourth-order valence-corrected chi connectivity index (χ4v) is 6.84. The molecule has 1 aliphatic rings. The molecule has 0 aliphatic carbocycles. The third-order valence-electron chi connectivity index (χ3n) is 7.86. The molecule has 4 N–H and O–H groups in total. The molecule has 1 aliphatic heterocycles. The summed E-state index contributed by atoms with van der Waals surface area (Å²) in [6.45, 7) is 12.8. The molecule has 3 unspecified atom stereocenters. The van der Waals surface area contributed by atoms with E-state index in [1.165, 1.54) is 6.92 Å². The van der Waals surface area contributed by atoms with Crippen LogP contribution in [0.3, 0.4) is 0 Å². The summed E-state index contributed by atoms with van der Waals surface area (Å²) in [5, 5.41) is 11.1. The molecule has 0 saturated carbocycles. The molecule has 13 heteroatoms. The third kappa shape index (κ3) is 11.5. The number of likely N-dealkylation sites (N-methyl/N-ethyl adjacent to an activating group) is 1. The molecule has 1 heterocycles. The maximum atomic E-state index is 13.2. The van der Waals surface area contributed by atoms with Gasteiger partial charge in [0, 0.05) is 44.8 Å². The number of hydrogen-bond acceptors (Lipinski definition) is 8. The van der Waals surface area contributed by atoms with Crippen molar-refractivity contribution in [2.45, 2.75) is 37.6 Å². The molecule has 0 bridgehead atoms. The highest BCUT2D eigenvalue weighted by molar-refractivity contribution is 7.83. The first-order valence-corrected chi connectivity index (χ1v) is 18.5. The van der Waals surface area contributed by atoms with Crippen LogP contribution >= 0.6 is 18.1 Å². The first-order valence-electron chi connectivity index (χ1n) is 16.0. The highest BCUT2D eigenvalue weighted by atomic mass is 35.7. The Morgan fingerprint density at radius 2 is 1.69 bits per heavy atom. The summed E-state index contributed by atoms with van der Waals surface area (Å²) in [7, 11) is 3.98. The minimum atomic E-state index is -3.72. The number of morpholine rings is 1. The summed E-state index contributed by atoms with van der Waals surface area (Å²) in [5.74, 6) is -0.605. The average molecular weight is 701 g/mol. The predicted molar refractivity (Wildman–Crippen MR) is 193 cm³/mol. The zero-order valence-electron chi connectivity index (χ0n) is 28.3. The lowest BCUT2D eigenvalue weighted by molar-refractivity contribution is -0.124. The highest BCUT2D eigenvalue weighted by Gasteiger charge is 2.47. The second-order valence-electron chi connectivity index (χ2n) is 12.0. The highest BCUT2D eigenvalue weighted by Crippen LogP contribution is 2.49. The van der Waals surface area contributed by atoms with Crippen LogP contribution in [0.15, 0.2) is 97.6 Å². The number of halogens is 1. The number of rotatable bonds is 19. The van der Waals surface area contributed by atoms with Crippen molar-refractivity contribution in [2.75, 3.05) is 60.0 Å². The normalized spacial score (nSPS) is 18.1. The van der Waals surface area contributed by atoms with Gasteiger partial charge in [0.05, 0.1) is 18.2 Å². The van der Waals surface area contributed by atoms with Crippen molar-refractivity contribution >= 4 is 30.1 Å². The van der Waals surface area contributed by atoms with Gasteiger partial charge >= 0.3 is 12.9 Å². The molecule has 0 spiro atoms. The number of ether oxygens (including phenoxy) is 1. The lowest BCUT2D eigenvalue weighted by Crippen LogP contribution is -2.62. The Hall–Kier alpha value is -3.12. The summed E-state index contributed by atoms with van der Waals surface area (Å²) < 4.78 is 25.2. The second-order valence-corrected chi connectivity index (χ2v) is 14.8. The average Bonchev–Trinajstić information content (AvgIpc) is 3.05. The van der Waals surface area contributed by atoms with Gasteiger partial charge in [0.2, 0.25) is 0 Å². The first kappa shape index (κ1) is 39.3. The summed E-state index contributed by atoms with van der Waals surface area (Å²) in [4.78, 5) is 29.4. The summed E-state index contributed by atoms with van der Waals surface area (Å²) in [5.41, 5.74) is 2.18. The number of urea groups is 1. The largest absolute Gasteiger partial charge is 0.360 e. The fraction of sp³-hybridized carbons (Fsp3) is 0.429. The molecule has 3 rings (SSSR count). The van der Waals surface area contributed by atoms with Crippen LogP contribution in [0.5, 0.6) is 0 Å². The minimum Gasteiger partial charge on any atom is -0.350 e. The van der Waals surface area contributed by atoms with Gasteiger partial charge in [-0.1, -0.05) is 79.9 Å².